The van der Waals surface area contributed by atoms with Crippen molar-refractivity contribution in [2.75, 3.05) is 19.6 Å². The lowest BCUT2D eigenvalue weighted by molar-refractivity contribution is 0.0697. The van der Waals surface area contributed by atoms with E-state index in [1.54, 1.807) is 18.2 Å². The van der Waals surface area contributed by atoms with Gasteiger partial charge in [-0.1, -0.05) is 19.1 Å². The van der Waals surface area contributed by atoms with Crippen LogP contribution in [0.1, 0.15) is 46.0 Å². The van der Waals surface area contributed by atoms with Crippen LogP contribution in [0.4, 0.5) is 4.39 Å². The Morgan fingerprint density at radius 1 is 1.15 bits per heavy atom. The van der Waals surface area contributed by atoms with Gasteiger partial charge in [0, 0.05) is 32.0 Å². The molecule has 2 heterocycles. The van der Waals surface area contributed by atoms with E-state index in [0.717, 1.165) is 31.5 Å². The van der Waals surface area contributed by atoms with Crippen LogP contribution in [-0.2, 0) is 6.42 Å². The zero-order chi connectivity index (χ0) is 19.2. The zero-order valence-corrected chi connectivity index (χ0v) is 15.5. The minimum Gasteiger partial charge on any atom is -0.352 e. The van der Waals surface area contributed by atoms with Gasteiger partial charge in [-0.05, 0) is 48.9 Å². The first-order chi connectivity index (χ1) is 13.0. The second-order valence-electron chi connectivity index (χ2n) is 7.07. The molecule has 1 aromatic heterocycles. The van der Waals surface area contributed by atoms with Crippen LogP contribution in [0.15, 0.2) is 42.7 Å². The molecule has 0 bridgehead atoms. The lowest BCUT2D eigenvalue weighted by Crippen LogP contribution is -2.38. The van der Waals surface area contributed by atoms with Gasteiger partial charge in [-0.2, -0.15) is 0 Å². The normalized spacial score (nSPS) is 14.8. The van der Waals surface area contributed by atoms with E-state index < -0.39 is 0 Å². The smallest absolute Gasteiger partial charge is 0.255 e. The van der Waals surface area contributed by atoms with Crippen molar-refractivity contribution >= 4 is 11.8 Å². The average Bonchev–Trinajstić information content (AvgIpc) is 2.69. The standard InChI is InChI=1S/C21H24FN3O2/c1-15-7-10-25(11-8-15)21(27)18-12-17(13-23-14-18)20(26)24-9-6-16-2-4-19(22)5-3-16/h2-5,12-15H,6-11H2,1H3,(H,24,26). The SMILES string of the molecule is CC1CCN(C(=O)c2cncc(C(=O)NCCc3ccc(F)cc3)c2)CC1. The van der Waals surface area contributed by atoms with Crippen LogP contribution in [0.3, 0.4) is 0 Å². The van der Waals surface area contributed by atoms with Crippen molar-refractivity contribution in [1.29, 1.82) is 0 Å². The summed E-state index contributed by atoms with van der Waals surface area (Å²) in [6.45, 7) is 4.11. The molecule has 0 atom stereocenters. The molecule has 142 valence electrons. The Balaban J connectivity index is 1.56. The first-order valence-electron chi connectivity index (χ1n) is 9.30. The Labute approximate surface area is 158 Å². The number of carbonyl (C=O) groups is 2. The molecule has 0 aliphatic carbocycles. The molecule has 1 aliphatic heterocycles. The molecule has 3 rings (SSSR count). The predicted octanol–water partition coefficient (Wildman–Crippen LogP) is 3.07. The first kappa shape index (κ1) is 19.0. The third-order valence-electron chi connectivity index (χ3n) is 4.93. The molecule has 1 aliphatic rings. The second-order valence-corrected chi connectivity index (χ2v) is 7.07. The van der Waals surface area contributed by atoms with Crippen molar-refractivity contribution in [3.8, 4) is 0 Å². The van der Waals surface area contributed by atoms with E-state index in [9.17, 15) is 14.0 Å². The lowest BCUT2D eigenvalue weighted by Gasteiger charge is -2.30. The summed E-state index contributed by atoms with van der Waals surface area (Å²) in [7, 11) is 0. The number of halogens is 1. The van der Waals surface area contributed by atoms with Crippen LogP contribution < -0.4 is 5.32 Å². The third-order valence-corrected chi connectivity index (χ3v) is 4.93. The maximum absolute atomic E-state index is 12.9. The lowest BCUT2D eigenvalue weighted by atomic mass is 9.98. The highest BCUT2D eigenvalue weighted by atomic mass is 19.1. The summed E-state index contributed by atoms with van der Waals surface area (Å²) in [5.74, 6) is 0.0192. The molecule has 2 amide bonds. The highest BCUT2D eigenvalue weighted by Gasteiger charge is 2.22. The van der Waals surface area contributed by atoms with E-state index in [1.165, 1.54) is 24.5 Å². The molecule has 1 fully saturated rings. The molecule has 6 heteroatoms. The Morgan fingerprint density at radius 3 is 2.52 bits per heavy atom. The van der Waals surface area contributed by atoms with Crippen LogP contribution in [0, 0.1) is 11.7 Å². The molecule has 5 nitrogen and oxygen atoms in total. The summed E-state index contributed by atoms with van der Waals surface area (Å²) in [5.41, 5.74) is 1.75. The average molecular weight is 369 g/mol. The van der Waals surface area contributed by atoms with Crippen molar-refractivity contribution in [2.24, 2.45) is 5.92 Å². The van der Waals surface area contributed by atoms with E-state index >= 15 is 0 Å². The van der Waals surface area contributed by atoms with Gasteiger partial charge in [-0.25, -0.2) is 4.39 Å². The number of pyridine rings is 1. The molecule has 0 unspecified atom stereocenters. The number of carbonyl (C=O) groups excluding carboxylic acids is 2. The highest BCUT2D eigenvalue weighted by molar-refractivity contribution is 5.99. The summed E-state index contributed by atoms with van der Waals surface area (Å²) in [6.07, 6.45) is 5.58. The molecule has 1 aromatic carbocycles. The van der Waals surface area contributed by atoms with Crippen LogP contribution in [0.2, 0.25) is 0 Å². The number of aromatic nitrogens is 1. The topological polar surface area (TPSA) is 62.3 Å². The van der Waals surface area contributed by atoms with Gasteiger partial charge in [0.05, 0.1) is 11.1 Å². The van der Waals surface area contributed by atoms with Gasteiger partial charge in [0.2, 0.25) is 0 Å². The molecule has 2 aromatic rings. The largest absolute Gasteiger partial charge is 0.352 e. The van der Waals surface area contributed by atoms with Crippen molar-refractivity contribution in [3.05, 3.63) is 65.2 Å². The number of rotatable bonds is 5. The molecule has 1 N–H and O–H groups in total. The molecular formula is C21H24FN3O2. The van der Waals surface area contributed by atoms with Crippen molar-refractivity contribution in [1.82, 2.24) is 15.2 Å². The molecule has 0 saturated carbocycles. The summed E-state index contributed by atoms with van der Waals surface area (Å²) in [6, 6.07) is 7.79. The fourth-order valence-corrected chi connectivity index (χ4v) is 3.15. The van der Waals surface area contributed by atoms with Gasteiger partial charge in [-0.15, -0.1) is 0 Å². The van der Waals surface area contributed by atoms with Gasteiger partial charge < -0.3 is 10.2 Å². The van der Waals surface area contributed by atoms with E-state index in [4.69, 9.17) is 0 Å². The van der Waals surface area contributed by atoms with Gasteiger partial charge in [-0.3, -0.25) is 14.6 Å². The van der Waals surface area contributed by atoms with Crippen molar-refractivity contribution in [3.63, 3.8) is 0 Å². The van der Waals surface area contributed by atoms with Crippen LogP contribution in [0.25, 0.3) is 0 Å². The number of nitrogens with one attached hydrogen (secondary N) is 1. The Kier molecular flexibility index (Phi) is 6.16. The summed E-state index contributed by atoms with van der Waals surface area (Å²) < 4.78 is 12.9. The second kappa shape index (κ2) is 8.75. The fourth-order valence-electron chi connectivity index (χ4n) is 3.15. The maximum atomic E-state index is 12.9. The van der Waals surface area contributed by atoms with Gasteiger partial charge >= 0.3 is 0 Å². The van der Waals surface area contributed by atoms with Gasteiger partial charge in [0.25, 0.3) is 11.8 Å². The molecular weight excluding hydrogens is 345 g/mol. The minimum atomic E-state index is -0.279. The molecule has 1 saturated heterocycles. The number of hydrogen-bond donors (Lipinski definition) is 1. The predicted molar refractivity (Wildman–Crippen MR) is 101 cm³/mol. The van der Waals surface area contributed by atoms with Crippen LogP contribution in [-0.4, -0.2) is 41.3 Å². The molecule has 0 radical (unpaired) electrons. The van der Waals surface area contributed by atoms with Crippen LogP contribution in [0.5, 0.6) is 0 Å². The van der Waals surface area contributed by atoms with E-state index in [1.807, 2.05) is 4.90 Å². The van der Waals surface area contributed by atoms with E-state index in [0.29, 0.717) is 30.0 Å². The van der Waals surface area contributed by atoms with Gasteiger partial charge in [0.15, 0.2) is 0 Å². The number of benzene rings is 1. The third kappa shape index (κ3) is 5.12. The van der Waals surface area contributed by atoms with E-state index in [-0.39, 0.29) is 17.6 Å². The number of piperidine rings is 1. The summed E-state index contributed by atoms with van der Waals surface area (Å²) in [4.78, 5) is 30.9. The maximum Gasteiger partial charge on any atom is 0.255 e. The van der Waals surface area contributed by atoms with Crippen molar-refractivity contribution < 1.29 is 14.0 Å². The molecule has 27 heavy (non-hydrogen) atoms. The zero-order valence-electron chi connectivity index (χ0n) is 15.5. The van der Waals surface area contributed by atoms with E-state index in [2.05, 4.69) is 17.2 Å². The number of hydrogen-bond acceptors (Lipinski definition) is 3. The monoisotopic (exact) mass is 369 g/mol. The van der Waals surface area contributed by atoms with Crippen LogP contribution >= 0.6 is 0 Å². The Bertz CT molecular complexity index is 799. The first-order valence-corrected chi connectivity index (χ1v) is 9.30. The minimum absolute atomic E-state index is 0.0737. The van der Waals surface area contributed by atoms with Crippen molar-refractivity contribution in [2.45, 2.75) is 26.2 Å². The summed E-state index contributed by atoms with van der Waals surface area (Å²) >= 11 is 0. The quantitative estimate of drug-likeness (QED) is 0.881. The number of amides is 2. The fraction of sp³-hybridized carbons (Fsp3) is 0.381. The highest BCUT2D eigenvalue weighted by Crippen LogP contribution is 2.18. The number of nitrogens with zero attached hydrogens (tertiary/aromatic N) is 2. The Morgan fingerprint density at radius 2 is 1.81 bits per heavy atom. The summed E-state index contributed by atoms with van der Waals surface area (Å²) in [5, 5.41) is 2.82. The number of likely N-dealkylation sites (tertiary alicyclic amines) is 1. The van der Waals surface area contributed by atoms with Gasteiger partial charge in [0.1, 0.15) is 5.82 Å². The Hall–Kier alpha value is -2.76. The molecule has 0 spiro atoms.